The molecule has 0 spiro atoms. The van der Waals surface area contributed by atoms with Crippen LogP contribution in [0.5, 0.6) is 11.5 Å². The first-order valence-electron chi connectivity index (χ1n) is 6.70. The third kappa shape index (κ3) is 3.16. The van der Waals surface area contributed by atoms with Crippen molar-refractivity contribution < 1.29 is 14.3 Å². The topological polar surface area (TPSA) is 76.2 Å². The smallest absolute Gasteiger partial charge is 0.259 e. The van der Waals surface area contributed by atoms with Crippen LogP contribution in [0.3, 0.4) is 0 Å². The Balaban J connectivity index is 2.22. The summed E-state index contributed by atoms with van der Waals surface area (Å²) < 4.78 is 10.7. The number of hydrogen-bond acceptors (Lipinski definition) is 4. The van der Waals surface area contributed by atoms with Crippen molar-refractivity contribution in [2.45, 2.75) is 20.8 Å². The number of amides is 1. The molecule has 2 N–H and O–H groups in total. The Kier molecular flexibility index (Phi) is 4.47. The molecular formula is C15H19N3O3. The second kappa shape index (κ2) is 6.30. The van der Waals surface area contributed by atoms with E-state index in [1.165, 1.54) is 0 Å². The summed E-state index contributed by atoms with van der Waals surface area (Å²) in [5.41, 5.74) is 2.61. The second-order valence-corrected chi connectivity index (χ2v) is 4.56. The van der Waals surface area contributed by atoms with E-state index in [4.69, 9.17) is 9.47 Å². The first-order chi connectivity index (χ1) is 10.1. The summed E-state index contributed by atoms with van der Waals surface area (Å²) >= 11 is 0. The zero-order valence-corrected chi connectivity index (χ0v) is 12.6. The fourth-order valence-corrected chi connectivity index (χ4v) is 2.10. The summed E-state index contributed by atoms with van der Waals surface area (Å²) in [6.45, 7) is 6.06. The van der Waals surface area contributed by atoms with Gasteiger partial charge in [-0.25, -0.2) is 0 Å². The lowest BCUT2D eigenvalue weighted by Crippen LogP contribution is -2.13. The van der Waals surface area contributed by atoms with E-state index >= 15 is 0 Å². The molecule has 1 heterocycles. The number of nitrogens with zero attached hydrogens (tertiary/aromatic N) is 1. The van der Waals surface area contributed by atoms with Crippen LogP contribution in [0, 0.1) is 13.8 Å². The zero-order valence-electron chi connectivity index (χ0n) is 12.6. The van der Waals surface area contributed by atoms with E-state index in [0.29, 0.717) is 35.1 Å². The number of aryl methyl sites for hydroxylation is 2. The van der Waals surface area contributed by atoms with Crippen LogP contribution in [0.25, 0.3) is 0 Å². The van der Waals surface area contributed by atoms with Crippen molar-refractivity contribution in [1.82, 2.24) is 10.2 Å². The molecule has 0 atom stereocenters. The maximum atomic E-state index is 12.3. The average Bonchev–Trinajstić information content (AvgIpc) is 2.80. The van der Waals surface area contributed by atoms with Crippen LogP contribution < -0.4 is 14.8 Å². The molecular weight excluding hydrogens is 270 g/mol. The lowest BCUT2D eigenvalue weighted by molar-refractivity contribution is 0.102. The molecule has 6 heteroatoms. The SMILES string of the molecule is CCOc1ccc(NC(=O)c2c(C)n[nH]c2C)cc1OC. The summed E-state index contributed by atoms with van der Waals surface area (Å²) in [4.78, 5) is 12.3. The Morgan fingerprint density at radius 1 is 1.33 bits per heavy atom. The molecule has 0 fully saturated rings. The Hall–Kier alpha value is -2.50. The number of methoxy groups -OCH3 is 1. The molecule has 6 nitrogen and oxygen atoms in total. The number of rotatable bonds is 5. The second-order valence-electron chi connectivity index (χ2n) is 4.56. The highest BCUT2D eigenvalue weighted by Gasteiger charge is 2.16. The van der Waals surface area contributed by atoms with Gasteiger partial charge < -0.3 is 14.8 Å². The molecule has 0 radical (unpaired) electrons. The molecule has 0 saturated heterocycles. The minimum Gasteiger partial charge on any atom is -0.493 e. The van der Waals surface area contributed by atoms with E-state index in [9.17, 15) is 4.79 Å². The summed E-state index contributed by atoms with van der Waals surface area (Å²) in [6, 6.07) is 5.27. The molecule has 2 aromatic rings. The van der Waals surface area contributed by atoms with Crippen molar-refractivity contribution in [2.75, 3.05) is 19.0 Å². The van der Waals surface area contributed by atoms with E-state index in [-0.39, 0.29) is 5.91 Å². The Morgan fingerprint density at radius 2 is 2.10 bits per heavy atom. The largest absolute Gasteiger partial charge is 0.493 e. The van der Waals surface area contributed by atoms with Crippen LogP contribution in [0.15, 0.2) is 18.2 Å². The van der Waals surface area contributed by atoms with E-state index in [1.807, 2.05) is 13.8 Å². The Bertz CT molecular complexity index is 630. The van der Waals surface area contributed by atoms with Gasteiger partial charge in [-0.2, -0.15) is 5.10 Å². The number of H-pyrrole nitrogens is 1. The fourth-order valence-electron chi connectivity index (χ4n) is 2.10. The fraction of sp³-hybridized carbons (Fsp3) is 0.333. The molecule has 21 heavy (non-hydrogen) atoms. The number of ether oxygens (including phenoxy) is 2. The average molecular weight is 289 g/mol. The van der Waals surface area contributed by atoms with Gasteiger partial charge in [-0.1, -0.05) is 0 Å². The van der Waals surface area contributed by atoms with Crippen molar-refractivity contribution >= 4 is 11.6 Å². The highest BCUT2D eigenvalue weighted by molar-refractivity contribution is 6.05. The van der Waals surface area contributed by atoms with Gasteiger partial charge in [-0.15, -0.1) is 0 Å². The van der Waals surface area contributed by atoms with Crippen LogP contribution in [0.2, 0.25) is 0 Å². The lowest BCUT2D eigenvalue weighted by Gasteiger charge is -2.11. The summed E-state index contributed by atoms with van der Waals surface area (Å²) in [5.74, 6) is 1.02. The van der Waals surface area contributed by atoms with Gasteiger partial charge in [0.05, 0.1) is 25.0 Å². The highest BCUT2D eigenvalue weighted by atomic mass is 16.5. The molecule has 0 bridgehead atoms. The van der Waals surface area contributed by atoms with E-state index in [1.54, 1.807) is 32.2 Å². The predicted molar refractivity (Wildman–Crippen MR) is 80.2 cm³/mol. The van der Waals surface area contributed by atoms with E-state index in [0.717, 1.165) is 5.69 Å². The van der Waals surface area contributed by atoms with Crippen LogP contribution in [0.4, 0.5) is 5.69 Å². The number of hydrogen-bond donors (Lipinski definition) is 2. The normalized spacial score (nSPS) is 10.3. The van der Waals surface area contributed by atoms with Gasteiger partial charge in [0.25, 0.3) is 5.91 Å². The molecule has 1 amide bonds. The number of nitrogens with one attached hydrogen (secondary N) is 2. The third-order valence-electron chi connectivity index (χ3n) is 3.08. The number of aromatic nitrogens is 2. The molecule has 0 aliphatic heterocycles. The highest BCUT2D eigenvalue weighted by Crippen LogP contribution is 2.30. The minimum absolute atomic E-state index is 0.204. The van der Waals surface area contributed by atoms with Crippen LogP contribution in [0.1, 0.15) is 28.7 Å². The van der Waals surface area contributed by atoms with Crippen molar-refractivity contribution in [3.63, 3.8) is 0 Å². The predicted octanol–water partition coefficient (Wildman–Crippen LogP) is 2.69. The molecule has 0 aliphatic rings. The number of carbonyl (C=O) groups excluding carboxylic acids is 1. The van der Waals surface area contributed by atoms with Gasteiger partial charge >= 0.3 is 0 Å². The van der Waals surface area contributed by atoms with E-state index < -0.39 is 0 Å². The third-order valence-corrected chi connectivity index (χ3v) is 3.08. The quantitative estimate of drug-likeness (QED) is 0.887. The molecule has 112 valence electrons. The van der Waals surface area contributed by atoms with Crippen molar-refractivity contribution in [1.29, 1.82) is 0 Å². The number of benzene rings is 1. The molecule has 0 unspecified atom stereocenters. The van der Waals surface area contributed by atoms with E-state index in [2.05, 4.69) is 15.5 Å². The number of anilines is 1. The van der Waals surface area contributed by atoms with Gasteiger partial charge in [0, 0.05) is 17.4 Å². The van der Waals surface area contributed by atoms with Gasteiger partial charge in [-0.05, 0) is 32.9 Å². The summed E-state index contributed by atoms with van der Waals surface area (Å²) in [7, 11) is 1.56. The zero-order chi connectivity index (χ0) is 15.4. The Labute approximate surface area is 123 Å². The molecule has 2 rings (SSSR count). The van der Waals surface area contributed by atoms with Gasteiger partial charge in [0.1, 0.15) is 0 Å². The van der Waals surface area contributed by atoms with Crippen LogP contribution in [-0.4, -0.2) is 29.8 Å². The van der Waals surface area contributed by atoms with Gasteiger partial charge in [0.15, 0.2) is 11.5 Å². The Morgan fingerprint density at radius 3 is 2.67 bits per heavy atom. The van der Waals surface area contributed by atoms with Gasteiger partial charge in [0.2, 0.25) is 0 Å². The lowest BCUT2D eigenvalue weighted by atomic mass is 10.2. The maximum absolute atomic E-state index is 12.3. The summed E-state index contributed by atoms with van der Waals surface area (Å²) in [5, 5.41) is 9.65. The monoisotopic (exact) mass is 289 g/mol. The van der Waals surface area contributed by atoms with Crippen molar-refractivity contribution in [3.05, 3.63) is 35.2 Å². The van der Waals surface area contributed by atoms with Gasteiger partial charge in [-0.3, -0.25) is 9.89 Å². The first kappa shape index (κ1) is 14.9. The van der Waals surface area contributed by atoms with Crippen molar-refractivity contribution in [3.8, 4) is 11.5 Å². The minimum atomic E-state index is -0.204. The van der Waals surface area contributed by atoms with Crippen molar-refractivity contribution in [2.24, 2.45) is 0 Å². The number of aromatic amines is 1. The number of carbonyl (C=O) groups is 1. The molecule has 0 saturated carbocycles. The maximum Gasteiger partial charge on any atom is 0.259 e. The van der Waals surface area contributed by atoms with Crippen LogP contribution >= 0.6 is 0 Å². The molecule has 1 aromatic carbocycles. The molecule has 0 aliphatic carbocycles. The summed E-state index contributed by atoms with van der Waals surface area (Å²) in [6.07, 6.45) is 0. The molecule has 1 aromatic heterocycles. The standard InChI is InChI=1S/C15H19N3O3/c1-5-21-12-7-6-11(8-13(12)20-4)16-15(19)14-9(2)17-18-10(14)3/h6-8H,5H2,1-4H3,(H,16,19)(H,17,18). The first-order valence-corrected chi connectivity index (χ1v) is 6.70. The van der Waals surface area contributed by atoms with Crippen LogP contribution in [-0.2, 0) is 0 Å².